The van der Waals surface area contributed by atoms with Crippen molar-refractivity contribution in [2.45, 2.75) is 37.8 Å². The van der Waals surface area contributed by atoms with Gasteiger partial charge in [-0.2, -0.15) is 38.1 Å². The van der Waals surface area contributed by atoms with Crippen molar-refractivity contribution in [3.05, 3.63) is 75.4 Å². The largest absolute Gasteiger partial charge is 0.416 e. The number of likely N-dealkylation sites (tertiary alicyclic amines) is 1. The molecule has 2 aliphatic heterocycles. The van der Waals surface area contributed by atoms with E-state index in [0.29, 0.717) is 43.2 Å². The first-order valence-electron chi connectivity index (χ1n) is 12.5. The number of amides is 1. The van der Waals surface area contributed by atoms with Crippen molar-refractivity contribution >= 4 is 35.1 Å². The molecular weight excluding hydrogens is 580 g/mol. The van der Waals surface area contributed by atoms with Crippen LogP contribution in [0.5, 0.6) is 0 Å². The molecule has 2 aliphatic rings. The van der Waals surface area contributed by atoms with Crippen LogP contribution in [0.15, 0.2) is 42.5 Å². The Kier molecular flexibility index (Phi) is 7.97. The van der Waals surface area contributed by atoms with E-state index in [4.69, 9.17) is 11.6 Å². The van der Waals surface area contributed by atoms with Crippen molar-refractivity contribution in [2.24, 2.45) is 0 Å². The van der Waals surface area contributed by atoms with Crippen LogP contribution in [0, 0.1) is 0 Å². The van der Waals surface area contributed by atoms with Gasteiger partial charge < -0.3 is 9.80 Å². The number of carbonyl (C=O) groups is 1. The number of hydrogen-bond donors (Lipinski definition) is 0. The average molecular weight is 604 g/mol. The van der Waals surface area contributed by atoms with Gasteiger partial charge in [0.2, 0.25) is 0 Å². The van der Waals surface area contributed by atoms with Gasteiger partial charge in [-0.1, -0.05) is 35.0 Å². The minimum atomic E-state index is -4.98. The molecule has 5 rings (SSSR count). The molecule has 2 saturated heterocycles. The monoisotopic (exact) mass is 603 g/mol. The summed E-state index contributed by atoms with van der Waals surface area (Å²) in [5.74, 6) is 1.32. The number of hydrogen-bond acceptors (Lipinski definition) is 5. The zero-order valence-corrected chi connectivity index (χ0v) is 22.5. The van der Waals surface area contributed by atoms with E-state index in [1.165, 1.54) is 4.68 Å². The van der Waals surface area contributed by atoms with Gasteiger partial charge >= 0.3 is 12.4 Å². The first-order valence-corrected chi connectivity index (χ1v) is 14.1. The fourth-order valence-corrected chi connectivity index (χ4v) is 6.30. The molecule has 0 N–H and O–H groups in total. The van der Waals surface area contributed by atoms with Gasteiger partial charge in [0.25, 0.3) is 5.91 Å². The Bertz CT molecular complexity index is 1360. The van der Waals surface area contributed by atoms with Crippen LogP contribution in [-0.4, -0.2) is 56.9 Å². The summed E-state index contributed by atoms with van der Waals surface area (Å²) in [5, 5.41) is 8.70. The Morgan fingerprint density at radius 1 is 0.975 bits per heavy atom. The maximum Gasteiger partial charge on any atom is 0.416 e. The van der Waals surface area contributed by atoms with E-state index >= 15 is 0 Å². The summed E-state index contributed by atoms with van der Waals surface area (Å²) in [7, 11) is 0. The van der Waals surface area contributed by atoms with Gasteiger partial charge in [-0.3, -0.25) is 4.79 Å². The number of thioether (sulfide) groups is 1. The summed E-state index contributed by atoms with van der Waals surface area (Å²) >= 11 is 8.12. The first-order chi connectivity index (χ1) is 18.9. The van der Waals surface area contributed by atoms with E-state index in [9.17, 15) is 31.1 Å². The third-order valence-corrected chi connectivity index (χ3v) is 8.27. The summed E-state index contributed by atoms with van der Waals surface area (Å²) in [6.07, 6.45) is -8.54. The molecule has 2 aromatic carbocycles. The zero-order chi connectivity index (χ0) is 28.7. The second kappa shape index (κ2) is 11.2. The van der Waals surface area contributed by atoms with Crippen LogP contribution in [0.1, 0.15) is 51.6 Å². The van der Waals surface area contributed by atoms with Crippen molar-refractivity contribution in [2.75, 3.05) is 36.0 Å². The number of benzene rings is 2. The van der Waals surface area contributed by atoms with Gasteiger partial charge in [0.15, 0.2) is 11.5 Å². The summed E-state index contributed by atoms with van der Waals surface area (Å²) in [4.78, 5) is 17.4. The van der Waals surface area contributed by atoms with Crippen LogP contribution in [0.25, 0.3) is 0 Å². The first kappa shape index (κ1) is 28.6. The third-order valence-electron chi connectivity index (χ3n) is 6.98. The molecule has 3 aromatic rings. The summed E-state index contributed by atoms with van der Waals surface area (Å²) in [6.45, 7) is 1.05. The maximum atomic E-state index is 13.9. The predicted molar refractivity (Wildman–Crippen MR) is 140 cm³/mol. The van der Waals surface area contributed by atoms with Crippen LogP contribution in [0.2, 0.25) is 5.02 Å². The number of rotatable bonds is 5. The quantitative estimate of drug-likeness (QED) is 0.310. The standard InChI is InChI=1S/C26H24ClF6N5OS/c27-20-5-2-1-4-19(20)21-6-3-7-37(21)24(39)22-23(36-8-10-40-11-9-36)38(35-34-22)15-16-12-17(25(28,29)30)14-18(13-16)26(31,32)33/h1-2,4-5,12-14,21H,3,6-11,15H2. The minimum absolute atomic E-state index is 0.00822. The number of alkyl halides is 6. The molecule has 2 fully saturated rings. The van der Waals surface area contributed by atoms with E-state index in [1.807, 2.05) is 17.0 Å². The normalized spacial score (nSPS) is 18.4. The van der Waals surface area contributed by atoms with E-state index in [2.05, 4.69) is 10.3 Å². The molecule has 14 heteroatoms. The summed E-state index contributed by atoms with van der Waals surface area (Å²) in [5.41, 5.74) is -2.28. The molecule has 0 saturated carbocycles. The Labute approximate surface area is 235 Å². The molecule has 1 atom stereocenters. The highest BCUT2D eigenvalue weighted by molar-refractivity contribution is 7.99. The van der Waals surface area contributed by atoms with Gasteiger partial charge in [0, 0.05) is 36.2 Å². The van der Waals surface area contributed by atoms with Gasteiger partial charge in [-0.25, -0.2) is 4.68 Å². The minimum Gasteiger partial charge on any atom is -0.353 e. The highest BCUT2D eigenvalue weighted by Gasteiger charge is 2.38. The second-order valence-electron chi connectivity index (χ2n) is 9.61. The second-order valence-corrected chi connectivity index (χ2v) is 11.2. The average Bonchev–Trinajstić information content (AvgIpc) is 3.56. The zero-order valence-electron chi connectivity index (χ0n) is 21.0. The molecule has 0 aliphatic carbocycles. The van der Waals surface area contributed by atoms with Crippen molar-refractivity contribution in [1.82, 2.24) is 19.9 Å². The Balaban J connectivity index is 1.54. The molecule has 214 valence electrons. The fraction of sp³-hybridized carbons (Fsp3) is 0.423. The van der Waals surface area contributed by atoms with Crippen LogP contribution in [-0.2, 0) is 18.9 Å². The lowest BCUT2D eigenvalue weighted by Crippen LogP contribution is -2.37. The molecule has 1 unspecified atom stereocenters. The Morgan fingerprint density at radius 2 is 1.62 bits per heavy atom. The Morgan fingerprint density at radius 3 is 2.25 bits per heavy atom. The highest BCUT2D eigenvalue weighted by atomic mass is 35.5. The molecule has 40 heavy (non-hydrogen) atoms. The molecule has 0 radical (unpaired) electrons. The van der Waals surface area contributed by atoms with Crippen molar-refractivity contribution in [3.8, 4) is 0 Å². The van der Waals surface area contributed by atoms with Gasteiger partial charge in [-0.15, -0.1) is 5.10 Å². The molecule has 0 bridgehead atoms. The van der Waals surface area contributed by atoms with Crippen molar-refractivity contribution < 1.29 is 31.1 Å². The maximum absolute atomic E-state index is 13.9. The van der Waals surface area contributed by atoms with Gasteiger partial charge in [0.1, 0.15) is 0 Å². The van der Waals surface area contributed by atoms with Crippen LogP contribution in [0.4, 0.5) is 32.2 Å². The SMILES string of the molecule is O=C(c1nnn(Cc2cc(C(F)(F)F)cc(C(F)(F)F)c2)c1N1CCSCC1)N1CCCC1c1ccccc1Cl. The van der Waals surface area contributed by atoms with Crippen molar-refractivity contribution in [1.29, 1.82) is 0 Å². The number of nitrogens with zero attached hydrogens (tertiary/aromatic N) is 5. The summed E-state index contributed by atoms with van der Waals surface area (Å²) in [6, 6.07) is 8.35. The molecule has 1 aromatic heterocycles. The van der Waals surface area contributed by atoms with E-state index < -0.39 is 35.9 Å². The van der Waals surface area contributed by atoms with Gasteiger partial charge in [0.05, 0.1) is 23.7 Å². The van der Waals surface area contributed by atoms with E-state index in [-0.39, 0.29) is 29.2 Å². The Hall–Kier alpha value is -2.93. The smallest absolute Gasteiger partial charge is 0.353 e. The van der Waals surface area contributed by atoms with Crippen LogP contribution >= 0.6 is 23.4 Å². The molecule has 0 spiro atoms. The topological polar surface area (TPSA) is 54.3 Å². The fourth-order valence-electron chi connectivity index (χ4n) is 5.14. The number of halogens is 7. The predicted octanol–water partition coefficient (Wildman–Crippen LogP) is 6.55. The molecule has 6 nitrogen and oxygen atoms in total. The van der Waals surface area contributed by atoms with Crippen LogP contribution in [0.3, 0.4) is 0 Å². The number of carbonyl (C=O) groups excluding carboxylic acids is 1. The summed E-state index contributed by atoms with van der Waals surface area (Å²) < 4.78 is 82.0. The molecule has 1 amide bonds. The third kappa shape index (κ3) is 5.90. The molecular formula is C26H24ClF6N5OS. The lowest BCUT2D eigenvalue weighted by Gasteiger charge is -2.30. The highest BCUT2D eigenvalue weighted by Crippen LogP contribution is 2.39. The lowest BCUT2D eigenvalue weighted by molar-refractivity contribution is -0.143. The van der Waals surface area contributed by atoms with E-state index in [0.717, 1.165) is 23.5 Å². The van der Waals surface area contributed by atoms with Gasteiger partial charge in [-0.05, 0) is 48.2 Å². The van der Waals surface area contributed by atoms with Crippen LogP contribution < -0.4 is 4.90 Å². The molecule has 3 heterocycles. The number of anilines is 1. The van der Waals surface area contributed by atoms with Crippen molar-refractivity contribution in [3.63, 3.8) is 0 Å². The number of aromatic nitrogens is 3. The lowest BCUT2D eigenvalue weighted by atomic mass is 10.0. The van der Waals surface area contributed by atoms with E-state index in [1.54, 1.807) is 28.8 Å².